The van der Waals surface area contributed by atoms with Crippen LogP contribution < -0.4 is 5.32 Å². The van der Waals surface area contributed by atoms with Crippen LogP contribution in [0.5, 0.6) is 0 Å². The molecule has 1 aliphatic carbocycles. The Labute approximate surface area is 240 Å². The smallest absolute Gasteiger partial charge is 0.407 e. The molecule has 1 fully saturated rings. The molecule has 2 N–H and O–H groups in total. The van der Waals surface area contributed by atoms with E-state index in [9.17, 15) is 19.5 Å². The van der Waals surface area contributed by atoms with Gasteiger partial charge in [0, 0.05) is 19.0 Å². The van der Waals surface area contributed by atoms with E-state index in [-0.39, 0.29) is 38.1 Å². The van der Waals surface area contributed by atoms with Crippen molar-refractivity contribution in [1.29, 1.82) is 0 Å². The first-order valence-electron chi connectivity index (χ1n) is 14.0. The molecule has 8 heteroatoms. The Morgan fingerprint density at radius 2 is 1.56 bits per heavy atom. The normalized spacial score (nSPS) is 21.0. The molecular weight excluding hydrogens is 520 g/mol. The van der Waals surface area contributed by atoms with Crippen LogP contribution in [0, 0.1) is 11.3 Å². The van der Waals surface area contributed by atoms with Gasteiger partial charge in [0.1, 0.15) is 12.6 Å². The number of carboxylic acid groups (broad SMARTS) is 1. The fourth-order valence-corrected chi connectivity index (χ4v) is 5.84. The number of nitrogens with one attached hydrogen (secondary N) is 1. The summed E-state index contributed by atoms with van der Waals surface area (Å²) < 4.78 is 11.8. The second kappa shape index (κ2) is 11.7. The van der Waals surface area contributed by atoms with E-state index in [1.807, 2.05) is 73.7 Å². The molecule has 0 radical (unpaired) electrons. The maximum absolute atomic E-state index is 13.8. The first kappa shape index (κ1) is 28.4. The molecule has 0 bridgehead atoms. The lowest BCUT2D eigenvalue weighted by atomic mass is 9.81. The van der Waals surface area contributed by atoms with Gasteiger partial charge in [-0.2, -0.15) is 0 Å². The maximum Gasteiger partial charge on any atom is 0.407 e. The van der Waals surface area contributed by atoms with Crippen LogP contribution in [0.1, 0.15) is 43.4 Å². The fraction of sp³-hybridized carbons (Fsp3) is 0.364. The largest absolute Gasteiger partial charge is 0.481 e. The molecule has 2 amide bonds. The monoisotopic (exact) mass is 556 g/mol. The third-order valence-corrected chi connectivity index (χ3v) is 8.61. The van der Waals surface area contributed by atoms with E-state index in [1.165, 1.54) is 4.90 Å². The van der Waals surface area contributed by atoms with Crippen molar-refractivity contribution >= 4 is 18.0 Å². The summed E-state index contributed by atoms with van der Waals surface area (Å²) in [5.41, 5.74) is 4.29. The number of carboxylic acids is 1. The minimum Gasteiger partial charge on any atom is -0.481 e. The van der Waals surface area contributed by atoms with Crippen molar-refractivity contribution in [3.63, 3.8) is 0 Å². The van der Waals surface area contributed by atoms with Crippen LogP contribution in [0.4, 0.5) is 4.79 Å². The molecule has 8 nitrogen and oxygen atoms in total. The van der Waals surface area contributed by atoms with Gasteiger partial charge in [0.15, 0.2) is 0 Å². The van der Waals surface area contributed by atoms with Crippen LogP contribution in [0.2, 0.25) is 0 Å². The van der Waals surface area contributed by atoms with Gasteiger partial charge in [0.05, 0.1) is 18.1 Å². The molecular formula is C33H36N2O6. The highest BCUT2D eigenvalue weighted by molar-refractivity contribution is 5.88. The number of aliphatic carboxylic acids is 1. The van der Waals surface area contributed by atoms with E-state index in [0.29, 0.717) is 0 Å². The van der Waals surface area contributed by atoms with Gasteiger partial charge in [-0.3, -0.25) is 9.59 Å². The molecule has 0 aromatic heterocycles. The summed E-state index contributed by atoms with van der Waals surface area (Å²) >= 11 is 0. The van der Waals surface area contributed by atoms with Crippen molar-refractivity contribution in [3.8, 4) is 11.1 Å². The van der Waals surface area contributed by atoms with Crippen molar-refractivity contribution in [1.82, 2.24) is 10.2 Å². The molecule has 3 aromatic carbocycles. The molecule has 0 spiro atoms. The molecule has 1 heterocycles. The minimum atomic E-state index is -1.07. The SMILES string of the molecule is C[C@H](OCc1ccccc1)[C@@H](NC(=O)OCC1c2ccccc2-c2ccccc21)C(=O)N1C[C@H](C)[C@@](C)(C(=O)O)C1. The number of fused-ring (bicyclic) bond motifs is 3. The standard InChI is InChI=1S/C33H36N2O6/c1-21-17-35(20-33(21,3)31(37)38)30(36)29(22(2)40-18-23-11-5-4-6-12-23)34-32(39)41-19-28-26-15-9-7-13-24(26)25-14-8-10-16-27(25)28/h4-16,21-22,28-29H,17-20H2,1-3H3,(H,34,39)(H,37,38)/t21-,22-,29+,33-/m0/s1. The van der Waals surface area contributed by atoms with Crippen LogP contribution in [0.3, 0.4) is 0 Å². The Morgan fingerprint density at radius 3 is 2.15 bits per heavy atom. The second-order valence-electron chi connectivity index (χ2n) is 11.3. The summed E-state index contributed by atoms with van der Waals surface area (Å²) in [7, 11) is 0. The number of nitrogens with zero attached hydrogens (tertiary/aromatic N) is 1. The van der Waals surface area contributed by atoms with Crippen molar-refractivity contribution in [2.75, 3.05) is 19.7 Å². The number of ether oxygens (including phenoxy) is 2. The number of hydrogen-bond acceptors (Lipinski definition) is 5. The fourth-order valence-electron chi connectivity index (χ4n) is 5.84. The van der Waals surface area contributed by atoms with E-state index >= 15 is 0 Å². The van der Waals surface area contributed by atoms with E-state index < -0.39 is 35.5 Å². The van der Waals surface area contributed by atoms with Gasteiger partial charge in [0.25, 0.3) is 0 Å². The molecule has 5 rings (SSSR count). The van der Waals surface area contributed by atoms with Crippen LogP contribution in [0.25, 0.3) is 11.1 Å². The van der Waals surface area contributed by atoms with Gasteiger partial charge in [0.2, 0.25) is 5.91 Å². The van der Waals surface area contributed by atoms with Crippen LogP contribution in [0.15, 0.2) is 78.9 Å². The Morgan fingerprint density at radius 1 is 0.976 bits per heavy atom. The van der Waals surface area contributed by atoms with Crippen molar-refractivity contribution in [3.05, 3.63) is 95.6 Å². The number of hydrogen-bond donors (Lipinski definition) is 2. The lowest BCUT2D eigenvalue weighted by molar-refractivity contribution is -0.149. The number of carbonyl (C=O) groups is 3. The van der Waals surface area contributed by atoms with Gasteiger partial charge in [-0.05, 0) is 47.6 Å². The number of likely N-dealkylation sites (tertiary alicyclic amines) is 1. The number of benzene rings is 3. The van der Waals surface area contributed by atoms with Crippen LogP contribution >= 0.6 is 0 Å². The van der Waals surface area contributed by atoms with Crippen molar-refractivity contribution in [2.45, 2.75) is 45.4 Å². The van der Waals surface area contributed by atoms with Crippen LogP contribution in [-0.2, 0) is 25.7 Å². The van der Waals surface area contributed by atoms with Gasteiger partial charge >= 0.3 is 12.1 Å². The summed E-state index contributed by atoms with van der Waals surface area (Å²) in [6.45, 7) is 5.89. The second-order valence-corrected chi connectivity index (χ2v) is 11.3. The Kier molecular flexibility index (Phi) is 8.13. The zero-order valence-electron chi connectivity index (χ0n) is 23.6. The lowest BCUT2D eigenvalue weighted by Gasteiger charge is -2.29. The summed E-state index contributed by atoms with van der Waals surface area (Å²) in [6.07, 6.45) is -1.43. The highest BCUT2D eigenvalue weighted by Crippen LogP contribution is 2.44. The number of amides is 2. The maximum atomic E-state index is 13.8. The van der Waals surface area contributed by atoms with Gasteiger partial charge < -0.3 is 24.8 Å². The molecule has 0 saturated carbocycles. The summed E-state index contributed by atoms with van der Waals surface area (Å²) in [4.78, 5) is 40.4. The molecule has 3 aromatic rings. The molecule has 41 heavy (non-hydrogen) atoms. The number of alkyl carbamates (subject to hydrolysis) is 1. The molecule has 214 valence electrons. The first-order valence-corrected chi connectivity index (χ1v) is 14.0. The third-order valence-electron chi connectivity index (χ3n) is 8.61. The zero-order chi connectivity index (χ0) is 29.1. The predicted molar refractivity (Wildman–Crippen MR) is 154 cm³/mol. The first-order chi connectivity index (χ1) is 19.7. The van der Waals surface area contributed by atoms with E-state index in [4.69, 9.17) is 9.47 Å². The van der Waals surface area contributed by atoms with E-state index in [2.05, 4.69) is 17.4 Å². The molecule has 2 aliphatic rings. The molecule has 1 saturated heterocycles. The third kappa shape index (κ3) is 5.70. The predicted octanol–water partition coefficient (Wildman–Crippen LogP) is 5.07. The summed E-state index contributed by atoms with van der Waals surface area (Å²) in [5.74, 6) is -1.71. The summed E-state index contributed by atoms with van der Waals surface area (Å²) in [6, 6.07) is 24.6. The quantitative estimate of drug-likeness (QED) is 0.381. The van der Waals surface area contributed by atoms with Crippen molar-refractivity contribution < 1.29 is 29.0 Å². The van der Waals surface area contributed by atoms with E-state index in [1.54, 1.807) is 13.8 Å². The number of carbonyl (C=O) groups excluding carboxylic acids is 2. The van der Waals surface area contributed by atoms with Crippen molar-refractivity contribution in [2.24, 2.45) is 11.3 Å². The molecule has 1 aliphatic heterocycles. The Hall–Kier alpha value is -4.17. The Balaban J connectivity index is 1.30. The van der Waals surface area contributed by atoms with E-state index in [0.717, 1.165) is 27.8 Å². The van der Waals surface area contributed by atoms with Gasteiger partial charge in [-0.1, -0.05) is 85.8 Å². The zero-order valence-corrected chi connectivity index (χ0v) is 23.6. The van der Waals surface area contributed by atoms with Gasteiger partial charge in [-0.15, -0.1) is 0 Å². The Bertz CT molecular complexity index is 1380. The lowest BCUT2D eigenvalue weighted by Crippen LogP contribution is -2.54. The number of rotatable bonds is 9. The average Bonchev–Trinajstić information content (AvgIpc) is 3.48. The minimum absolute atomic E-state index is 0.0522. The highest BCUT2D eigenvalue weighted by Gasteiger charge is 2.49. The molecule has 0 unspecified atom stereocenters. The van der Waals surface area contributed by atoms with Crippen LogP contribution in [-0.4, -0.2) is 59.8 Å². The topological polar surface area (TPSA) is 105 Å². The highest BCUT2D eigenvalue weighted by atomic mass is 16.5. The van der Waals surface area contributed by atoms with Gasteiger partial charge in [-0.25, -0.2) is 4.79 Å². The summed E-state index contributed by atoms with van der Waals surface area (Å²) in [5, 5.41) is 12.6. The molecule has 4 atom stereocenters. The average molecular weight is 557 g/mol.